The standard InChI is InChI=1S/C12H15IN6O2/c13-9-8-10(14)15-5-16-11(8)19(18-9)7-3-1-6(2-4-7)17-12(20)21/h5-7,17H,1-4H2,(H,20,21)(H2,14,15,16)/t6-,7+. The largest absolute Gasteiger partial charge is 0.465 e. The van der Waals surface area contributed by atoms with Crippen LogP contribution < -0.4 is 11.1 Å². The van der Waals surface area contributed by atoms with Crippen molar-refractivity contribution in [3.05, 3.63) is 10.0 Å². The van der Waals surface area contributed by atoms with Gasteiger partial charge in [-0.15, -0.1) is 0 Å². The Morgan fingerprint density at radius 3 is 2.76 bits per heavy atom. The van der Waals surface area contributed by atoms with Gasteiger partial charge < -0.3 is 16.2 Å². The Balaban J connectivity index is 1.83. The second kappa shape index (κ2) is 5.62. The summed E-state index contributed by atoms with van der Waals surface area (Å²) in [6.45, 7) is 0. The van der Waals surface area contributed by atoms with Crippen LogP contribution in [-0.2, 0) is 0 Å². The van der Waals surface area contributed by atoms with Crippen LogP contribution in [-0.4, -0.2) is 37.0 Å². The van der Waals surface area contributed by atoms with Gasteiger partial charge in [-0.3, -0.25) is 0 Å². The lowest BCUT2D eigenvalue weighted by atomic mass is 9.91. The average molecular weight is 402 g/mol. The Hall–Kier alpha value is -1.65. The van der Waals surface area contributed by atoms with Crippen LogP contribution in [0.15, 0.2) is 6.33 Å². The quantitative estimate of drug-likeness (QED) is 0.659. The number of halogens is 1. The van der Waals surface area contributed by atoms with E-state index in [1.165, 1.54) is 6.33 Å². The fraction of sp³-hybridized carbons (Fsp3) is 0.500. The zero-order chi connectivity index (χ0) is 15.0. The Morgan fingerprint density at radius 1 is 1.38 bits per heavy atom. The molecule has 0 spiro atoms. The summed E-state index contributed by atoms with van der Waals surface area (Å²) in [5, 5.41) is 16.6. The van der Waals surface area contributed by atoms with Crippen molar-refractivity contribution in [3.63, 3.8) is 0 Å². The lowest BCUT2D eigenvalue weighted by molar-refractivity contribution is 0.182. The Labute approximate surface area is 134 Å². The minimum absolute atomic E-state index is 0.0272. The maximum Gasteiger partial charge on any atom is 0.404 e. The molecule has 112 valence electrons. The van der Waals surface area contributed by atoms with Gasteiger partial charge in [0, 0.05) is 6.04 Å². The summed E-state index contributed by atoms with van der Waals surface area (Å²) in [6.07, 6.45) is 3.82. The van der Waals surface area contributed by atoms with Crippen molar-refractivity contribution < 1.29 is 9.90 Å². The second-order valence-electron chi connectivity index (χ2n) is 5.15. The van der Waals surface area contributed by atoms with Gasteiger partial charge in [-0.1, -0.05) is 0 Å². The molecule has 2 heterocycles. The number of rotatable bonds is 2. The maximum absolute atomic E-state index is 10.7. The smallest absolute Gasteiger partial charge is 0.404 e. The van der Waals surface area contributed by atoms with E-state index < -0.39 is 6.09 Å². The van der Waals surface area contributed by atoms with Crippen molar-refractivity contribution in [3.8, 4) is 0 Å². The van der Waals surface area contributed by atoms with Crippen molar-refractivity contribution in [2.45, 2.75) is 37.8 Å². The number of nitrogen functional groups attached to an aromatic ring is 1. The number of amides is 1. The van der Waals surface area contributed by atoms with Crippen molar-refractivity contribution in [1.29, 1.82) is 0 Å². The summed E-state index contributed by atoms with van der Waals surface area (Å²) < 4.78 is 2.71. The van der Waals surface area contributed by atoms with E-state index in [1.54, 1.807) is 0 Å². The molecule has 21 heavy (non-hydrogen) atoms. The van der Waals surface area contributed by atoms with Crippen LogP contribution in [0.2, 0.25) is 0 Å². The molecule has 2 aromatic heterocycles. The minimum atomic E-state index is -0.960. The second-order valence-corrected chi connectivity index (χ2v) is 6.17. The van der Waals surface area contributed by atoms with E-state index in [4.69, 9.17) is 10.8 Å². The number of nitrogens with one attached hydrogen (secondary N) is 1. The highest BCUT2D eigenvalue weighted by Crippen LogP contribution is 2.32. The Morgan fingerprint density at radius 2 is 2.10 bits per heavy atom. The molecule has 0 unspecified atom stereocenters. The number of aromatic nitrogens is 4. The van der Waals surface area contributed by atoms with Crippen molar-refractivity contribution >= 4 is 45.5 Å². The van der Waals surface area contributed by atoms with Gasteiger partial charge in [0.15, 0.2) is 5.65 Å². The van der Waals surface area contributed by atoms with Gasteiger partial charge >= 0.3 is 6.09 Å². The molecule has 1 fully saturated rings. The molecule has 0 aliphatic heterocycles. The van der Waals surface area contributed by atoms with E-state index >= 15 is 0 Å². The molecule has 9 heteroatoms. The van der Waals surface area contributed by atoms with E-state index in [2.05, 4.69) is 43.0 Å². The Bertz CT molecular complexity index is 680. The van der Waals surface area contributed by atoms with Gasteiger partial charge in [0.05, 0.1) is 11.4 Å². The number of hydrogen-bond donors (Lipinski definition) is 3. The number of anilines is 1. The number of nitrogens with zero attached hydrogens (tertiary/aromatic N) is 4. The molecule has 1 aliphatic rings. The summed E-state index contributed by atoms with van der Waals surface area (Å²) in [5.41, 5.74) is 6.64. The van der Waals surface area contributed by atoms with E-state index in [1.807, 2.05) is 4.68 Å². The molecule has 1 saturated carbocycles. The lowest BCUT2D eigenvalue weighted by Crippen LogP contribution is -2.37. The maximum atomic E-state index is 10.7. The number of carboxylic acid groups (broad SMARTS) is 1. The Kier molecular flexibility index (Phi) is 3.83. The molecule has 8 nitrogen and oxygen atoms in total. The molecule has 0 atom stereocenters. The lowest BCUT2D eigenvalue weighted by Gasteiger charge is -2.28. The van der Waals surface area contributed by atoms with Gasteiger partial charge in [0.2, 0.25) is 0 Å². The molecule has 1 amide bonds. The number of fused-ring (bicyclic) bond motifs is 1. The molecule has 0 saturated heterocycles. The van der Waals surface area contributed by atoms with Crippen molar-refractivity contribution in [2.75, 3.05) is 5.73 Å². The first kappa shape index (κ1) is 14.3. The zero-order valence-electron chi connectivity index (χ0n) is 11.2. The first-order valence-corrected chi connectivity index (χ1v) is 7.77. The van der Waals surface area contributed by atoms with Crippen molar-refractivity contribution in [2.24, 2.45) is 0 Å². The molecular formula is C12H15IN6O2. The summed E-state index contributed by atoms with van der Waals surface area (Å²) in [7, 11) is 0. The van der Waals surface area contributed by atoms with E-state index in [-0.39, 0.29) is 12.1 Å². The predicted octanol–water partition coefficient (Wildman–Crippen LogP) is 1.76. The van der Waals surface area contributed by atoms with Gasteiger partial charge in [0.1, 0.15) is 15.8 Å². The molecule has 0 aromatic carbocycles. The summed E-state index contributed by atoms with van der Waals surface area (Å²) in [6, 6.07) is 0.247. The molecule has 2 aromatic rings. The van der Waals surface area contributed by atoms with Crippen molar-refractivity contribution in [1.82, 2.24) is 25.1 Å². The third kappa shape index (κ3) is 2.74. The highest BCUT2D eigenvalue weighted by molar-refractivity contribution is 14.1. The van der Waals surface area contributed by atoms with Gasteiger partial charge in [0.25, 0.3) is 0 Å². The van der Waals surface area contributed by atoms with Crippen LogP contribution in [0.1, 0.15) is 31.7 Å². The van der Waals surface area contributed by atoms with Crippen LogP contribution in [0.4, 0.5) is 10.6 Å². The highest BCUT2D eigenvalue weighted by Gasteiger charge is 2.26. The number of carbonyl (C=O) groups is 1. The van der Waals surface area contributed by atoms with Gasteiger partial charge in [-0.2, -0.15) is 5.10 Å². The SMILES string of the molecule is Nc1ncnc2c1c(I)nn2[C@H]1CC[C@@H](NC(=O)O)CC1. The van der Waals surface area contributed by atoms with E-state index in [0.29, 0.717) is 5.82 Å². The van der Waals surface area contributed by atoms with Crippen LogP contribution in [0.3, 0.4) is 0 Å². The topological polar surface area (TPSA) is 119 Å². The first-order chi connectivity index (χ1) is 10.1. The van der Waals surface area contributed by atoms with E-state index in [0.717, 1.165) is 40.4 Å². The van der Waals surface area contributed by atoms with Crippen LogP contribution in [0.25, 0.3) is 11.0 Å². The molecule has 3 rings (SSSR count). The molecule has 0 radical (unpaired) electrons. The summed E-state index contributed by atoms with van der Waals surface area (Å²) in [5.74, 6) is 0.442. The third-order valence-corrected chi connectivity index (χ3v) is 4.60. The molecule has 1 aliphatic carbocycles. The van der Waals surface area contributed by atoms with Gasteiger partial charge in [-0.25, -0.2) is 19.4 Å². The fourth-order valence-electron chi connectivity index (χ4n) is 2.85. The number of hydrogen-bond acceptors (Lipinski definition) is 5. The van der Waals surface area contributed by atoms with Gasteiger partial charge in [-0.05, 0) is 48.3 Å². The van der Waals surface area contributed by atoms with E-state index in [9.17, 15) is 4.79 Å². The average Bonchev–Trinajstić information content (AvgIpc) is 2.78. The minimum Gasteiger partial charge on any atom is -0.465 e. The molecule has 4 N–H and O–H groups in total. The molecular weight excluding hydrogens is 387 g/mol. The van der Waals surface area contributed by atoms with Crippen LogP contribution >= 0.6 is 22.6 Å². The molecule has 0 bridgehead atoms. The monoisotopic (exact) mass is 402 g/mol. The van der Waals surface area contributed by atoms with Crippen LogP contribution in [0, 0.1) is 3.70 Å². The zero-order valence-corrected chi connectivity index (χ0v) is 13.3. The highest BCUT2D eigenvalue weighted by atomic mass is 127. The normalized spacial score (nSPS) is 22.3. The number of nitrogens with two attached hydrogens (primary N) is 1. The third-order valence-electron chi connectivity index (χ3n) is 3.85. The summed E-state index contributed by atoms with van der Waals surface area (Å²) >= 11 is 2.14. The first-order valence-electron chi connectivity index (χ1n) is 6.70. The fourth-order valence-corrected chi connectivity index (χ4v) is 3.60. The van der Waals surface area contributed by atoms with Crippen LogP contribution in [0.5, 0.6) is 0 Å². The predicted molar refractivity (Wildman–Crippen MR) is 84.9 cm³/mol. The summed E-state index contributed by atoms with van der Waals surface area (Å²) in [4.78, 5) is 19.0.